The minimum absolute atomic E-state index is 0.605. The van der Waals surface area contributed by atoms with Gasteiger partial charge in [-0.3, -0.25) is 0 Å². The maximum Gasteiger partial charge on any atom is -0.0141 e. The molecule has 0 heterocycles. The molecule has 0 saturated heterocycles. The largest absolute Gasteiger partial charge is 0.0856 e. The van der Waals surface area contributed by atoms with Crippen molar-refractivity contribution < 1.29 is 0 Å². The third kappa shape index (κ3) is 3.23. The van der Waals surface area contributed by atoms with E-state index in [1.165, 1.54) is 18.4 Å². The average molecular weight is 220 g/mol. The van der Waals surface area contributed by atoms with Crippen molar-refractivity contribution in [2.24, 2.45) is 17.3 Å². The van der Waals surface area contributed by atoms with E-state index in [4.69, 9.17) is 0 Å². The highest BCUT2D eigenvalue weighted by Crippen LogP contribution is 2.58. The van der Waals surface area contributed by atoms with Crippen LogP contribution in [0.3, 0.4) is 0 Å². The Bertz CT molecular complexity index is 272. The Morgan fingerprint density at radius 3 is 2.50 bits per heavy atom. The number of hydrogen-bond acceptors (Lipinski definition) is 0. The van der Waals surface area contributed by atoms with Gasteiger partial charge in [-0.25, -0.2) is 0 Å². The van der Waals surface area contributed by atoms with Gasteiger partial charge in [-0.2, -0.15) is 0 Å². The zero-order valence-corrected chi connectivity index (χ0v) is 11.7. The normalized spacial score (nSPS) is 32.1. The van der Waals surface area contributed by atoms with Gasteiger partial charge in [0.25, 0.3) is 0 Å². The van der Waals surface area contributed by atoms with Gasteiger partial charge >= 0.3 is 0 Å². The summed E-state index contributed by atoms with van der Waals surface area (Å²) in [4.78, 5) is 0. The van der Waals surface area contributed by atoms with E-state index in [0.29, 0.717) is 5.41 Å². The zero-order chi connectivity index (χ0) is 12.2. The van der Waals surface area contributed by atoms with Crippen molar-refractivity contribution in [3.8, 4) is 0 Å². The summed E-state index contributed by atoms with van der Waals surface area (Å²) in [5.74, 6) is 1.71. The Morgan fingerprint density at radius 2 is 2.06 bits per heavy atom. The smallest absolute Gasteiger partial charge is 0.0141 e. The Hall–Kier alpha value is -0.520. The summed E-state index contributed by atoms with van der Waals surface area (Å²) in [6.07, 6.45) is 12.2. The van der Waals surface area contributed by atoms with E-state index in [9.17, 15) is 0 Å². The molecule has 1 aliphatic carbocycles. The molecule has 0 aromatic heterocycles. The standard InChI is InChI=1S/C16H28/c1-6-9-13(3)10-8-11-15(7-2)16(5)12-14(16)4/h8-9,11,14-15H,6-7,10,12H2,1-5H3. The summed E-state index contributed by atoms with van der Waals surface area (Å²) in [5.41, 5.74) is 2.11. The van der Waals surface area contributed by atoms with Gasteiger partial charge < -0.3 is 0 Å². The van der Waals surface area contributed by atoms with Crippen LogP contribution in [0.2, 0.25) is 0 Å². The maximum absolute atomic E-state index is 2.47. The summed E-state index contributed by atoms with van der Waals surface area (Å²) in [7, 11) is 0. The molecule has 16 heavy (non-hydrogen) atoms. The molecule has 0 aromatic rings. The molecule has 3 atom stereocenters. The van der Waals surface area contributed by atoms with E-state index >= 15 is 0 Å². The molecule has 3 unspecified atom stereocenters. The third-order valence-corrected chi connectivity index (χ3v) is 4.36. The van der Waals surface area contributed by atoms with Crippen LogP contribution in [0.1, 0.15) is 60.3 Å². The van der Waals surface area contributed by atoms with Crippen LogP contribution in [0.4, 0.5) is 0 Å². The highest BCUT2D eigenvalue weighted by molar-refractivity contribution is 5.10. The van der Waals surface area contributed by atoms with Crippen LogP contribution in [0, 0.1) is 17.3 Å². The lowest BCUT2D eigenvalue weighted by atomic mass is 9.86. The van der Waals surface area contributed by atoms with Crippen molar-refractivity contribution in [2.45, 2.75) is 60.3 Å². The van der Waals surface area contributed by atoms with Crippen LogP contribution in [0.25, 0.3) is 0 Å². The quantitative estimate of drug-likeness (QED) is 0.528. The van der Waals surface area contributed by atoms with Gasteiger partial charge in [-0.15, -0.1) is 0 Å². The summed E-state index contributed by atoms with van der Waals surface area (Å²) in [6.45, 7) is 11.6. The lowest BCUT2D eigenvalue weighted by Crippen LogP contribution is -2.10. The molecule has 0 aromatic carbocycles. The monoisotopic (exact) mass is 220 g/mol. The SMILES string of the molecule is CCC=C(C)CC=CC(CC)C1(C)CC1C. The maximum atomic E-state index is 2.47. The van der Waals surface area contributed by atoms with E-state index in [1.807, 2.05) is 0 Å². The second-order valence-electron chi connectivity index (χ2n) is 5.72. The highest BCUT2D eigenvalue weighted by Gasteiger charge is 2.50. The van der Waals surface area contributed by atoms with Gasteiger partial charge in [-0.05, 0) is 49.9 Å². The van der Waals surface area contributed by atoms with Gasteiger partial charge in [0.05, 0.1) is 0 Å². The molecule has 0 radical (unpaired) electrons. The van der Waals surface area contributed by atoms with Crippen molar-refractivity contribution >= 4 is 0 Å². The topological polar surface area (TPSA) is 0 Å². The number of allylic oxidation sites excluding steroid dienone is 4. The van der Waals surface area contributed by atoms with E-state index in [0.717, 1.165) is 24.7 Å². The number of hydrogen-bond donors (Lipinski definition) is 0. The second kappa shape index (κ2) is 5.70. The van der Waals surface area contributed by atoms with Gasteiger partial charge in [0, 0.05) is 0 Å². The molecule has 0 aliphatic heterocycles. The lowest BCUT2D eigenvalue weighted by molar-refractivity contribution is 0.365. The van der Waals surface area contributed by atoms with Crippen LogP contribution in [0.15, 0.2) is 23.8 Å². The molecule has 0 N–H and O–H groups in total. The summed E-state index contributed by atoms with van der Waals surface area (Å²) >= 11 is 0. The predicted octanol–water partition coefficient (Wildman–Crippen LogP) is 5.36. The van der Waals surface area contributed by atoms with Gasteiger partial charge in [0.1, 0.15) is 0 Å². The van der Waals surface area contributed by atoms with Gasteiger partial charge in [0.15, 0.2) is 0 Å². The van der Waals surface area contributed by atoms with Crippen molar-refractivity contribution in [3.05, 3.63) is 23.8 Å². The van der Waals surface area contributed by atoms with Gasteiger partial charge in [0.2, 0.25) is 0 Å². The lowest BCUT2D eigenvalue weighted by Gasteiger charge is -2.19. The average Bonchev–Trinajstić information content (AvgIpc) is 2.83. The minimum Gasteiger partial charge on any atom is -0.0856 e. The molecule has 1 fully saturated rings. The molecule has 0 spiro atoms. The van der Waals surface area contributed by atoms with E-state index in [-0.39, 0.29) is 0 Å². The first kappa shape index (κ1) is 13.5. The van der Waals surface area contributed by atoms with Crippen LogP contribution < -0.4 is 0 Å². The van der Waals surface area contributed by atoms with Gasteiger partial charge in [-0.1, -0.05) is 51.5 Å². The molecule has 1 rings (SSSR count). The molecular weight excluding hydrogens is 192 g/mol. The molecule has 92 valence electrons. The molecular formula is C16H28. The molecule has 1 saturated carbocycles. The fraction of sp³-hybridized carbons (Fsp3) is 0.750. The Balaban J connectivity index is 2.45. The Morgan fingerprint density at radius 1 is 1.44 bits per heavy atom. The van der Waals surface area contributed by atoms with Crippen LogP contribution in [-0.2, 0) is 0 Å². The Labute approximate surface area is 102 Å². The van der Waals surface area contributed by atoms with E-state index < -0.39 is 0 Å². The molecule has 0 bridgehead atoms. The fourth-order valence-electron chi connectivity index (χ4n) is 2.79. The summed E-state index contributed by atoms with van der Waals surface area (Å²) in [5, 5.41) is 0. The van der Waals surface area contributed by atoms with E-state index in [2.05, 4.69) is 52.8 Å². The highest BCUT2D eigenvalue weighted by atomic mass is 14.5. The van der Waals surface area contributed by atoms with Crippen LogP contribution in [0.5, 0.6) is 0 Å². The van der Waals surface area contributed by atoms with Crippen LogP contribution >= 0.6 is 0 Å². The third-order valence-electron chi connectivity index (χ3n) is 4.36. The molecule has 0 heteroatoms. The first-order valence-corrected chi connectivity index (χ1v) is 6.86. The van der Waals surface area contributed by atoms with Crippen LogP contribution in [-0.4, -0.2) is 0 Å². The fourth-order valence-corrected chi connectivity index (χ4v) is 2.79. The second-order valence-corrected chi connectivity index (χ2v) is 5.72. The van der Waals surface area contributed by atoms with E-state index in [1.54, 1.807) is 0 Å². The first-order valence-electron chi connectivity index (χ1n) is 6.86. The predicted molar refractivity (Wildman–Crippen MR) is 73.5 cm³/mol. The summed E-state index contributed by atoms with van der Waals surface area (Å²) in [6, 6.07) is 0. The molecule has 0 amide bonds. The Kier molecular flexibility index (Phi) is 4.83. The van der Waals surface area contributed by atoms with Crippen molar-refractivity contribution in [2.75, 3.05) is 0 Å². The molecule has 1 aliphatic rings. The first-order chi connectivity index (χ1) is 7.54. The number of rotatable bonds is 6. The zero-order valence-electron chi connectivity index (χ0n) is 11.7. The molecule has 0 nitrogen and oxygen atoms in total. The summed E-state index contributed by atoms with van der Waals surface area (Å²) < 4.78 is 0. The minimum atomic E-state index is 0.605. The van der Waals surface area contributed by atoms with Crippen molar-refractivity contribution in [1.82, 2.24) is 0 Å². The van der Waals surface area contributed by atoms with Crippen molar-refractivity contribution in [1.29, 1.82) is 0 Å². The van der Waals surface area contributed by atoms with Crippen molar-refractivity contribution in [3.63, 3.8) is 0 Å².